The van der Waals surface area contributed by atoms with E-state index in [4.69, 9.17) is 9.72 Å². The molecule has 0 saturated heterocycles. The highest BCUT2D eigenvalue weighted by Gasteiger charge is 2.30. The van der Waals surface area contributed by atoms with Crippen LogP contribution in [-0.4, -0.2) is 31.9 Å². The average molecular weight is 481 g/mol. The first-order chi connectivity index (χ1) is 17.5. The zero-order chi connectivity index (χ0) is 25.1. The number of benzene rings is 2. The molecule has 0 radical (unpaired) electrons. The molecule has 4 aromatic rings. The van der Waals surface area contributed by atoms with Crippen molar-refractivity contribution in [3.8, 4) is 5.88 Å². The normalized spacial score (nSPS) is 15.3. The third-order valence-electron chi connectivity index (χ3n) is 6.23. The number of anilines is 2. The Morgan fingerprint density at radius 1 is 1.06 bits per heavy atom. The molecule has 5 rings (SSSR count). The van der Waals surface area contributed by atoms with Gasteiger partial charge in [-0.25, -0.2) is 4.98 Å². The van der Waals surface area contributed by atoms with Crippen molar-refractivity contribution in [3.63, 3.8) is 0 Å². The largest absolute Gasteiger partial charge is 0.469 e. The van der Waals surface area contributed by atoms with Gasteiger partial charge in [0.15, 0.2) is 0 Å². The van der Waals surface area contributed by atoms with Crippen LogP contribution in [0.3, 0.4) is 0 Å². The summed E-state index contributed by atoms with van der Waals surface area (Å²) in [4.78, 5) is 33.2. The van der Waals surface area contributed by atoms with Crippen LogP contribution in [0.15, 0.2) is 73.2 Å². The monoisotopic (exact) mass is 480 g/mol. The van der Waals surface area contributed by atoms with Gasteiger partial charge >= 0.3 is 0 Å². The second-order valence-corrected chi connectivity index (χ2v) is 8.94. The number of rotatable bonds is 7. The molecular formula is C28H28N6O2. The van der Waals surface area contributed by atoms with Crippen LogP contribution in [-0.2, 0) is 13.0 Å². The molecule has 36 heavy (non-hydrogen) atoms. The number of aromatic nitrogens is 4. The third kappa shape index (κ3) is 4.88. The van der Waals surface area contributed by atoms with Gasteiger partial charge in [-0.2, -0.15) is 4.98 Å². The van der Waals surface area contributed by atoms with Crippen LogP contribution in [0.1, 0.15) is 52.8 Å². The number of amides is 1. The van der Waals surface area contributed by atoms with Gasteiger partial charge in [0, 0.05) is 24.1 Å². The summed E-state index contributed by atoms with van der Waals surface area (Å²) in [7, 11) is 0. The maximum Gasteiger partial charge on any atom is 0.258 e. The van der Waals surface area contributed by atoms with Crippen LogP contribution in [0, 0.1) is 6.92 Å². The Morgan fingerprint density at radius 3 is 2.61 bits per heavy atom. The van der Waals surface area contributed by atoms with Crippen LogP contribution in [0.5, 0.6) is 5.88 Å². The molecule has 3 heterocycles. The van der Waals surface area contributed by atoms with Crippen LogP contribution >= 0.6 is 0 Å². The predicted molar refractivity (Wildman–Crippen MR) is 137 cm³/mol. The van der Waals surface area contributed by atoms with E-state index in [0.717, 1.165) is 23.4 Å². The molecule has 0 spiro atoms. The minimum absolute atomic E-state index is 0.182. The first-order valence-corrected chi connectivity index (χ1v) is 12.0. The van der Waals surface area contributed by atoms with Crippen LogP contribution in [0.2, 0.25) is 0 Å². The molecule has 8 nitrogen and oxygen atoms in total. The van der Waals surface area contributed by atoms with Crippen molar-refractivity contribution in [2.75, 3.05) is 4.90 Å². The summed E-state index contributed by atoms with van der Waals surface area (Å²) in [5.41, 5.74) is 5.05. The number of ether oxygens (including phenoxy) is 1. The molecule has 2 aromatic carbocycles. The number of nitrogens with one attached hydrogen (secondary N) is 1. The summed E-state index contributed by atoms with van der Waals surface area (Å²) < 4.78 is 6.28. The number of fused-ring (bicyclic) bond motifs is 1. The standard InChI is InChI=1S/C28H28N6O2/c1-18-14-30-23(15-29-18)16-31-26(35)24-17-32-28(34-19(2)13-22-11-7-8-12-25(22)34)33-27(24)36-20(3)21-9-5-4-6-10-21/h4-12,14-15,17,19-20H,13,16H2,1-3H3,(H,31,35)/t19-,20+/m1/s1. The lowest BCUT2D eigenvalue weighted by Crippen LogP contribution is -2.28. The Balaban J connectivity index is 1.46. The Labute approximate surface area is 210 Å². The number of carbonyl (C=O) groups is 1. The molecule has 0 fully saturated rings. The zero-order valence-corrected chi connectivity index (χ0v) is 20.5. The highest BCUT2D eigenvalue weighted by Crippen LogP contribution is 2.37. The zero-order valence-electron chi connectivity index (χ0n) is 20.5. The topological polar surface area (TPSA) is 93.1 Å². The van der Waals surface area contributed by atoms with Crippen molar-refractivity contribution in [2.24, 2.45) is 0 Å². The lowest BCUT2D eigenvalue weighted by Gasteiger charge is -2.24. The minimum atomic E-state index is -0.339. The first-order valence-electron chi connectivity index (χ1n) is 12.0. The van der Waals surface area contributed by atoms with Gasteiger partial charge in [0.2, 0.25) is 11.8 Å². The maximum absolute atomic E-state index is 13.2. The SMILES string of the molecule is Cc1cnc(CNC(=O)c2cnc(N3c4ccccc4C[C@H]3C)nc2O[C@@H](C)c2ccccc2)cn1. The smallest absolute Gasteiger partial charge is 0.258 e. The number of aryl methyl sites for hydroxylation is 1. The summed E-state index contributed by atoms with van der Waals surface area (Å²) >= 11 is 0. The maximum atomic E-state index is 13.2. The molecule has 1 N–H and O–H groups in total. The van der Waals surface area contributed by atoms with Gasteiger partial charge < -0.3 is 15.0 Å². The number of hydrogen-bond donors (Lipinski definition) is 1. The highest BCUT2D eigenvalue weighted by molar-refractivity contribution is 5.96. The van der Waals surface area contributed by atoms with E-state index in [2.05, 4.69) is 44.2 Å². The minimum Gasteiger partial charge on any atom is -0.469 e. The average Bonchev–Trinajstić information content (AvgIpc) is 3.24. The van der Waals surface area contributed by atoms with Gasteiger partial charge in [-0.05, 0) is 44.4 Å². The van der Waals surface area contributed by atoms with E-state index in [1.54, 1.807) is 18.6 Å². The van der Waals surface area contributed by atoms with Gasteiger partial charge in [0.1, 0.15) is 11.7 Å². The summed E-state index contributed by atoms with van der Waals surface area (Å²) in [5, 5.41) is 2.89. The Bertz CT molecular complexity index is 1360. The van der Waals surface area contributed by atoms with Crippen LogP contribution in [0.4, 0.5) is 11.6 Å². The van der Waals surface area contributed by atoms with E-state index >= 15 is 0 Å². The Hall–Kier alpha value is -4.33. The molecule has 8 heteroatoms. The molecule has 1 amide bonds. The number of carbonyl (C=O) groups excluding carboxylic acids is 1. The van der Waals surface area contributed by atoms with Gasteiger partial charge in [0.25, 0.3) is 5.91 Å². The van der Waals surface area contributed by atoms with Crippen molar-refractivity contribution in [2.45, 2.75) is 45.9 Å². The quantitative estimate of drug-likeness (QED) is 0.409. The van der Waals surface area contributed by atoms with E-state index < -0.39 is 0 Å². The molecule has 1 aliphatic rings. The van der Waals surface area contributed by atoms with Crippen LogP contribution in [0.25, 0.3) is 0 Å². The lowest BCUT2D eigenvalue weighted by molar-refractivity contribution is 0.0941. The van der Waals surface area contributed by atoms with Gasteiger partial charge in [-0.3, -0.25) is 14.8 Å². The van der Waals surface area contributed by atoms with Crippen molar-refractivity contribution in [1.82, 2.24) is 25.3 Å². The molecule has 1 aliphatic heterocycles. The fourth-order valence-corrected chi connectivity index (χ4v) is 4.33. The van der Waals surface area contributed by atoms with Crippen molar-refractivity contribution in [1.29, 1.82) is 0 Å². The summed E-state index contributed by atoms with van der Waals surface area (Å²) in [5.74, 6) is 0.401. The van der Waals surface area contributed by atoms with Gasteiger partial charge in [-0.15, -0.1) is 0 Å². The van der Waals surface area contributed by atoms with E-state index in [1.807, 2.05) is 56.3 Å². The van der Waals surface area contributed by atoms with E-state index in [9.17, 15) is 4.79 Å². The summed E-state index contributed by atoms with van der Waals surface area (Å²) in [6.07, 6.45) is 5.45. The van der Waals surface area contributed by atoms with Gasteiger partial charge in [0.05, 0.1) is 24.1 Å². The Morgan fingerprint density at radius 2 is 1.83 bits per heavy atom. The van der Waals surface area contributed by atoms with Crippen molar-refractivity contribution < 1.29 is 9.53 Å². The van der Waals surface area contributed by atoms with E-state index in [1.165, 1.54) is 5.56 Å². The number of hydrogen-bond acceptors (Lipinski definition) is 7. The lowest BCUT2D eigenvalue weighted by atomic mass is 10.1. The fourth-order valence-electron chi connectivity index (χ4n) is 4.33. The van der Waals surface area contributed by atoms with Crippen LogP contribution < -0.4 is 15.0 Å². The molecule has 182 valence electrons. The molecule has 0 bridgehead atoms. The molecule has 0 unspecified atom stereocenters. The second-order valence-electron chi connectivity index (χ2n) is 8.94. The Kier molecular flexibility index (Phi) is 6.58. The summed E-state index contributed by atoms with van der Waals surface area (Å²) in [6.45, 7) is 6.18. The molecular weight excluding hydrogens is 452 g/mol. The molecule has 0 saturated carbocycles. The highest BCUT2D eigenvalue weighted by atomic mass is 16.5. The third-order valence-corrected chi connectivity index (χ3v) is 6.23. The van der Waals surface area contributed by atoms with Crippen molar-refractivity contribution >= 4 is 17.5 Å². The predicted octanol–water partition coefficient (Wildman–Crippen LogP) is 4.73. The van der Waals surface area contributed by atoms with E-state index in [-0.39, 0.29) is 36.0 Å². The fraction of sp³-hybridized carbons (Fsp3) is 0.250. The molecule has 2 atom stereocenters. The molecule has 0 aliphatic carbocycles. The van der Waals surface area contributed by atoms with Gasteiger partial charge in [-0.1, -0.05) is 48.5 Å². The van der Waals surface area contributed by atoms with E-state index in [0.29, 0.717) is 11.6 Å². The summed E-state index contributed by atoms with van der Waals surface area (Å²) in [6, 6.07) is 18.3. The first kappa shape index (κ1) is 23.4. The van der Waals surface area contributed by atoms with Crippen molar-refractivity contribution in [3.05, 3.63) is 101 Å². The number of nitrogens with zero attached hydrogens (tertiary/aromatic N) is 5. The number of para-hydroxylation sites is 1. The molecule has 2 aromatic heterocycles. The second kappa shape index (κ2) is 10.1.